The van der Waals surface area contributed by atoms with E-state index < -0.39 is 0 Å². The van der Waals surface area contributed by atoms with E-state index in [4.69, 9.17) is 57.2 Å². The smallest absolute Gasteiger partial charge is 0.319 e. The summed E-state index contributed by atoms with van der Waals surface area (Å²) in [6.07, 6.45) is 0. The molecule has 13 nitrogen and oxygen atoms in total. The van der Waals surface area contributed by atoms with Crippen molar-refractivity contribution in [3.63, 3.8) is 0 Å². The largest absolute Gasteiger partial charge is 0.462 e. The van der Waals surface area contributed by atoms with Crippen LogP contribution in [-0.4, -0.2) is 161 Å². The molecule has 0 saturated heterocycles. The molecular formula is C25H49BrO13. The summed E-state index contributed by atoms with van der Waals surface area (Å²) in [6, 6.07) is 0. The van der Waals surface area contributed by atoms with Gasteiger partial charge in [-0.15, -0.1) is 0 Å². The third-order valence-corrected chi connectivity index (χ3v) is 4.75. The van der Waals surface area contributed by atoms with Crippen molar-refractivity contribution in [3.05, 3.63) is 0 Å². The minimum absolute atomic E-state index is 0.0229. The Morgan fingerprint density at radius 2 is 0.667 bits per heavy atom. The van der Waals surface area contributed by atoms with Gasteiger partial charge in [0.15, 0.2) is 0 Å². The maximum absolute atomic E-state index is 11.2. The molecule has 1 N–H and O–H groups in total. The third kappa shape index (κ3) is 33.6. The van der Waals surface area contributed by atoms with Gasteiger partial charge in [0.1, 0.15) is 11.4 Å². The van der Waals surface area contributed by atoms with E-state index >= 15 is 0 Å². The molecule has 0 heterocycles. The van der Waals surface area contributed by atoms with Gasteiger partial charge in [0.2, 0.25) is 0 Å². The van der Waals surface area contributed by atoms with Gasteiger partial charge in [-0.05, 0) is 6.92 Å². The quantitative estimate of drug-likeness (QED) is 0.0607. The lowest BCUT2D eigenvalue weighted by Crippen LogP contribution is -2.18. The normalized spacial score (nSPS) is 12.2. The molecule has 0 saturated carbocycles. The standard InChI is InChI=1S/C25H49BrO13/c1-24(26)25(28)39-23-22-38-21-20-37-19-18-36-17-16-35-15-14-34-13-12-33-11-10-32-9-8-31-7-6-30-5-4-29-3-2-27/h24,27H,2-23H2,1H3. The van der Waals surface area contributed by atoms with Gasteiger partial charge in [-0.25, -0.2) is 0 Å². The van der Waals surface area contributed by atoms with Crippen molar-refractivity contribution in [2.24, 2.45) is 0 Å². The molecule has 0 aromatic carbocycles. The van der Waals surface area contributed by atoms with Crippen LogP contribution in [0.1, 0.15) is 6.92 Å². The Labute approximate surface area is 241 Å². The molecule has 0 aromatic heterocycles. The molecule has 1 atom stereocenters. The fourth-order valence-electron chi connectivity index (χ4n) is 2.46. The number of rotatable bonds is 33. The van der Waals surface area contributed by atoms with Gasteiger partial charge in [-0.3, -0.25) is 4.79 Å². The number of carbonyl (C=O) groups is 1. The number of hydrogen-bond acceptors (Lipinski definition) is 13. The molecule has 0 aliphatic heterocycles. The molecule has 0 aliphatic rings. The first-order valence-electron chi connectivity index (χ1n) is 13.4. The van der Waals surface area contributed by atoms with Gasteiger partial charge < -0.3 is 57.2 Å². The van der Waals surface area contributed by atoms with Crippen molar-refractivity contribution < 1.29 is 62.0 Å². The van der Waals surface area contributed by atoms with Crippen LogP contribution < -0.4 is 0 Å². The molecule has 14 heteroatoms. The van der Waals surface area contributed by atoms with Crippen LogP contribution in [0.25, 0.3) is 0 Å². The van der Waals surface area contributed by atoms with Gasteiger partial charge in [0.25, 0.3) is 0 Å². The number of halogens is 1. The minimum atomic E-state index is -0.311. The number of aliphatic hydroxyl groups excluding tert-OH is 1. The number of ether oxygens (including phenoxy) is 11. The Balaban J connectivity index is 3.05. The Morgan fingerprint density at radius 3 is 0.872 bits per heavy atom. The van der Waals surface area contributed by atoms with E-state index in [2.05, 4.69) is 15.9 Å². The average Bonchev–Trinajstić information content (AvgIpc) is 2.93. The molecule has 0 aromatic rings. The lowest BCUT2D eigenvalue weighted by molar-refractivity contribution is -0.144. The number of hydrogen-bond donors (Lipinski definition) is 1. The molecule has 1 unspecified atom stereocenters. The highest BCUT2D eigenvalue weighted by molar-refractivity contribution is 9.10. The Bertz CT molecular complexity index is 489. The summed E-state index contributed by atoms with van der Waals surface area (Å²) < 4.78 is 58.6. The second-order valence-electron chi connectivity index (χ2n) is 7.63. The molecular weight excluding hydrogens is 588 g/mol. The summed E-state index contributed by atoms with van der Waals surface area (Å²) in [6.45, 7) is 11.4. The average molecular weight is 638 g/mol. The molecule has 0 radical (unpaired) electrons. The second kappa shape index (κ2) is 33.7. The van der Waals surface area contributed by atoms with Crippen LogP contribution in [0.4, 0.5) is 0 Å². The predicted octanol–water partition coefficient (Wildman–Crippen LogP) is 0.471. The maximum atomic E-state index is 11.2. The van der Waals surface area contributed by atoms with Crippen molar-refractivity contribution in [3.8, 4) is 0 Å². The van der Waals surface area contributed by atoms with Crippen molar-refractivity contribution in [1.82, 2.24) is 0 Å². The Kier molecular flexibility index (Phi) is 33.3. The summed E-state index contributed by atoms with van der Waals surface area (Å²) in [4.78, 5) is 10.9. The topological polar surface area (TPSA) is 139 Å². The van der Waals surface area contributed by atoms with Crippen LogP contribution in [0.15, 0.2) is 0 Å². The van der Waals surface area contributed by atoms with Crippen LogP contribution in [0.5, 0.6) is 0 Å². The first-order valence-corrected chi connectivity index (χ1v) is 14.3. The van der Waals surface area contributed by atoms with Gasteiger partial charge in [-0.1, -0.05) is 15.9 Å². The van der Waals surface area contributed by atoms with Crippen molar-refractivity contribution in [1.29, 1.82) is 0 Å². The molecule has 39 heavy (non-hydrogen) atoms. The predicted molar refractivity (Wildman–Crippen MR) is 145 cm³/mol. The maximum Gasteiger partial charge on any atom is 0.319 e. The first-order chi connectivity index (χ1) is 19.2. The van der Waals surface area contributed by atoms with Gasteiger partial charge >= 0.3 is 5.97 Å². The van der Waals surface area contributed by atoms with Crippen LogP contribution in [-0.2, 0) is 56.9 Å². The van der Waals surface area contributed by atoms with Crippen molar-refractivity contribution >= 4 is 21.9 Å². The Hall–Kier alpha value is -0.490. The van der Waals surface area contributed by atoms with Crippen molar-refractivity contribution in [2.45, 2.75) is 11.8 Å². The molecule has 0 bridgehead atoms. The first kappa shape index (κ1) is 38.5. The van der Waals surface area contributed by atoms with E-state index in [0.29, 0.717) is 132 Å². The summed E-state index contributed by atoms with van der Waals surface area (Å²) >= 11 is 3.14. The van der Waals surface area contributed by atoms with Crippen LogP contribution in [0.2, 0.25) is 0 Å². The molecule has 0 aliphatic carbocycles. The van der Waals surface area contributed by atoms with E-state index in [9.17, 15) is 4.79 Å². The number of aliphatic hydroxyl groups is 1. The highest BCUT2D eigenvalue weighted by Gasteiger charge is 2.08. The van der Waals surface area contributed by atoms with Crippen LogP contribution in [0, 0.1) is 0 Å². The van der Waals surface area contributed by atoms with E-state index in [1.165, 1.54) is 0 Å². The van der Waals surface area contributed by atoms with Gasteiger partial charge in [0.05, 0.1) is 139 Å². The highest BCUT2D eigenvalue weighted by Crippen LogP contribution is 1.99. The summed E-state index contributed by atoms with van der Waals surface area (Å²) in [5, 5.41) is 8.56. The van der Waals surface area contributed by atoms with Crippen LogP contribution >= 0.6 is 15.9 Å². The van der Waals surface area contributed by atoms with Crippen molar-refractivity contribution in [2.75, 3.05) is 145 Å². The Morgan fingerprint density at radius 1 is 0.462 bits per heavy atom. The lowest BCUT2D eigenvalue weighted by atomic mass is 10.5. The highest BCUT2D eigenvalue weighted by atomic mass is 79.9. The summed E-state index contributed by atoms with van der Waals surface area (Å²) in [5.41, 5.74) is 0. The molecule has 0 rings (SSSR count). The fraction of sp³-hybridized carbons (Fsp3) is 0.960. The third-order valence-electron chi connectivity index (χ3n) is 4.38. The molecule has 234 valence electrons. The molecule has 0 spiro atoms. The van der Waals surface area contributed by atoms with E-state index in [0.717, 1.165) is 0 Å². The number of esters is 1. The SMILES string of the molecule is CC(Br)C(=O)OCCOCCOCCOCCOCCOCCOCCOCCOCCOCCOCCO. The monoisotopic (exact) mass is 636 g/mol. The zero-order valence-electron chi connectivity index (χ0n) is 23.4. The van der Waals surface area contributed by atoms with E-state index in [1.807, 2.05) is 0 Å². The summed E-state index contributed by atoms with van der Waals surface area (Å²) in [7, 11) is 0. The van der Waals surface area contributed by atoms with E-state index in [-0.39, 0.29) is 24.0 Å². The minimum Gasteiger partial charge on any atom is -0.462 e. The summed E-state index contributed by atoms with van der Waals surface area (Å²) in [5.74, 6) is -0.303. The van der Waals surface area contributed by atoms with Crippen LogP contribution in [0.3, 0.4) is 0 Å². The zero-order valence-corrected chi connectivity index (χ0v) is 24.9. The lowest BCUT2D eigenvalue weighted by Gasteiger charge is -2.09. The molecule has 0 amide bonds. The fourth-order valence-corrected chi connectivity index (χ4v) is 2.59. The van der Waals surface area contributed by atoms with E-state index in [1.54, 1.807) is 6.92 Å². The van der Waals surface area contributed by atoms with Gasteiger partial charge in [0, 0.05) is 0 Å². The number of alkyl halides is 1. The number of carbonyl (C=O) groups excluding carboxylic acids is 1. The second-order valence-corrected chi connectivity index (χ2v) is 9.00. The molecule has 0 fully saturated rings. The van der Waals surface area contributed by atoms with Gasteiger partial charge in [-0.2, -0.15) is 0 Å². The zero-order chi connectivity index (χ0) is 28.5.